The highest BCUT2D eigenvalue weighted by atomic mass is 15.1. The van der Waals surface area contributed by atoms with Crippen molar-refractivity contribution in [3.05, 3.63) is 42.2 Å². The Labute approximate surface area is 118 Å². The number of fused-ring (bicyclic) bond motifs is 1. The summed E-state index contributed by atoms with van der Waals surface area (Å²) >= 11 is 0. The van der Waals surface area contributed by atoms with Gasteiger partial charge in [-0.2, -0.15) is 5.26 Å². The van der Waals surface area contributed by atoms with Crippen LogP contribution in [0.25, 0.3) is 11.0 Å². The zero-order valence-corrected chi connectivity index (χ0v) is 11.5. The number of imidazole rings is 1. The van der Waals surface area contributed by atoms with Crippen LogP contribution in [0.2, 0.25) is 0 Å². The summed E-state index contributed by atoms with van der Waals surface area (Å²) in [6.45, 7) is 5.70. The van der Waals surface area contributed by atoms with Crippen LogP contribution < -0.4 is 5.32 Å². The van der Waals surface area contributed by atoms with E-state index in [1.54, 1.807) is 0 Å². The second kappa shape index (κ2) is 5.48. The molecule has 1 aliphatic rings. The summed E-state index contributed by atoms with van der Waals surface area (Å²) in [5.41, 5.74) is 3.14. The highest BCUT2D eigenvalue weighted by Gasteiger charge is 2.20. The minimum atomic E-state index is 0.331. The second-order valence-corrected chi connectivity index (χ2v) is 5.34. The van der Waals surface area contributed by atoms with Crippen molar-refractivity contribution in [3.63, 3.8) is 0 Å². The lowest BCUT2D eigenvalue weighted by Crippen LogP contribution is -2.21. The first-order valence-electron chi connectivity index (χ1n) is 6.99. The summed E-state index contributed by atoms with van der Waals surface area (Å²) in [6.07, 6.45) is 2.89. The molecule has 0 aliphatic heterocycles. The van der Waals surface area contributed by atoms with Crippen LogP contribution in [0.3, 0.4) is 0 Å². The predicted molar refractivity (Wildman–Crippen MR) is 79.2 cm³/mol. The van der Waals surface area contributed by atoms with Crippen LogP contribution in [0, 0.1) is 11.3 Å². The number of nitrogens with zero attached hydrogens (tertiary/aromatic N) is 3. The molecule has 0 atom stereocenters. The third-order valence-electron chi connectivity index (χ3n) is 3.57. The number of para-hydroxylation sites is 2. The van der Waals surface area contributed by atoms with Crippen molar-refractivity contribution in [2.75, 3.05) is 6.54 Å². The van der Waals surface area contributed by atoms with Gasteiger partial charge in [0.1, 0.15) is 5.82 Å². The number of aromatic nitrogens is 2. The van der Waals surface area contributed by atoms with E-state index in [9.17, 15) is 0 Å². The van der Waals surface area contributed by atoms with Crippen molar-refractivity contribution in [2.24, 2.45) is 0 Å². The Hall–Kier alpha value is -2.12. The molecule has 1 aromatic heterocycles. The lowest BCUT2D eigenvalue weighted by atomic mass is 10.2. The molecular weight excluding hydrogens is 248 g/mol. The third-order valence-corrected chi connectivity index (χ3v) is 3.57. The van der Waals surface area contributed by atoms with E-state index in [-0.39, 0.29) is 0 Å². The highest BCUT2D eigenvalue weighted by molar-refractivity contribution is 5.76. The van der Waals surface area contributed by atoms with E-state index in [1.807, 2.05) is 24.3 Å². The fraction of sp³-hybridized carbons (Fsp3) is 0.375. The minimum absolute atomic E-state index is 0.331. The van der Waals surface area contributed by atoms with Gasteiger partial charge in [-0.25, -0.2) is 4.98 Å². The molecular formula is C16H18N4. The molecule has 4 nitrogen and oxygen atoms in total. The number of rotatable bonds is 6. The van der Waals surface area contributed by atoms with Gasteiger partial charge >= 0.3 is 0 Å². The molecule has 1 heterocycles. The SMILES string of the molecule is C=C(CNC1CC1)Cn1c(CC#N)nc2ccccc21. The molecule has 2 aromatic rings. The topological polar surface area (TPSA) is 53.6 Å². The molecule has 0 amide bonds. The van der Waals surface area contributed by atoms with Gasteiger partial charge in [0.25, 0.3) is 0 Å². The summed E-state index contributed by atoms with van der Waals surface area (Å²) in [7, 11) is 0. The van der Waals surface area contributed by atoms with Crippen LogP contribution >= 0.6 is 0 Å². The van der Waals surface area contributed by atoms with Gasteiger partial charge in [-0.15, -0.1) is 0 Å². The lowest BCUT2D eigenvalue weighted by Gasteiger charge is -2.11. The Morgan fingerprint density at radius 3 is 3.00 bits per heavy atom. The van der Waals surface area contributed by atoms with E-state index in [0.717, 1.165) is 35.5 Å². The van der Waals surface area contributed by atoms with Gasteiger partial charge in [0.15, 0.2) is 0 Å². The van der Waals surface area contributed by atoms with E-state index in [1.165, 1.54) is 12.8 Å². The van der Waals surface area contributed by atoms with Gasteiger partial charge in [-0.05, 0) is 30.5 Å². The van der Waals surface area contributed by atoms with Crippen molar-refractivity contribution in [1.82, 2.24) is 14.9 Å². The summed E-state index contributed by atoms with van der Waals surface area (Å²) in [5, 5.41) is 12.4. The fourth-order valence-corrected chi connectivity index (χ4v) is 2.36. The van der Waals surface area contributed by atoms with Gasteiger partial charge in [0.2, 0.25) is 0 Å². The first kappa shape index (κ1) is 12.9. The Morgan fingerprint density at radius 2 is 2.25 bits per heavy atom. The zero-order valence-electron chi connectivity index (χ0n) is 11.5. The van der Waals surface area contributed by atoms with Gasteiger partial charge in [-0.3, -0.25) is 0 Å². The minimum Gasteiger partial charge on any atom is -0.323 e. The van der Waals surface area contributed by atoms with Crippen LogP contribution in [0.5, 0.6) is 0 Å². The van der Waals surface area contributed by atoms with Crippen molar-refractivity contribution in [2.45, 2.75) is 31.8 Å². The zero-order chi connectivity index (χ0) is 13.9. The van der Waals surface area contributed by atoms with Gasteiger partial charge in [0, 0.05) is 19.1 Å². The number of hydrogen-bond acceptors (Lipinski definition) is 3. The number of benzene rings is 1. The molecule has 1 aliphatic carbocycles. The Kier molecular flexibility index (Phi) is 3.53. The maximum Gasteiger partial charge on any atom is 0.124 e. The molecule has 20 heavy (non-hydrogen) atoms. The molecule has 0 radical (unpaired) electrons. The van der Waals surface area contributed by atoms with Crippen molar-refractivity contribution in [1.29, 1.82) is 5.26 Å². The molecule has 1 saturated carbocycles. The molecule has 0 spiro atoms. The summed E-state index contributed by atoms with van der Waals surface area (Å²) in [4.78, 5) is 4.54. The summed E-state index contributed by atoms with van der Waals surface area (Å²) in [5.74, 6) is 0.821. The molecule has 1 fully saturated rings. The molecule has 1 N–H and O–H groups in total. The van der Waals surface area contributed by atoms with Gasteiger partial charge in [-0.1, -0.05) is 18.7 Å². The first-order chi connectivity index (χ1) is 9.78. The van der Waals surface area contributed by atoms with Crippen molar-refractivity contribution >= 4 is 11.0 Å². The number of nitrogens with one attached hydrogen (secondary N) is 1. The Balaban J connectivity index is 1.82. The van der Waals surface area contributed by atoms with Gasteiger partial charge < -0.3 is 9.88 Å². The van der Waals surface area contributed by atoms with Crippen LogP contribution in [0.1, 0.15) is 18.7 Å². The monoisotopic (exact) mass is 266 g/mol. The molecule has 0 saturated heterocycles. The Bertz CT molecular complexity index is 673. The summed E-state index contributed by atoms with van der Waals surface area (Å²) < 4.78 is 2.11. The molecule has 102 valence electrons. The van der Waals surface area contributed by atoms with Crippen LogP contribution in [-0.2, 0) is 13.0 Å². The van der Waals surface area contributed by atoms with Crippen molar-refractivity contribution in [3.8, 4) is 6.07 Å². The number of hydrogen-bond donors (Lipinski definition) is 1. The maximum atomic E-state index is 8.95. The van der Waals surface area contributed by atoms with Crippen LogP contribution in [0.4, 0.5) is 0 Å². The third kappa shape index (κ3) is 2.73. The first-order valence-corrected chi connectivity index (χ1v) is 6.99. The molecule has 3 rings (SSSR count). The largest absolute Gasteiger partial charge is 0.323 e. The molecule has 0 unspecified atom stereocenters. The normalized spacial score (nSPS) is 14.3. The van der Waals surface area contributed by atoms with Crippen molar-refractivity contribution < 1.29 is 0 Å². The molecule has 4 heteroatoms. The lowest BCUT2D eigenvalue weighted by molar-refractivity contribution is 0.677. The predicted octanol–water partition coefficient (Wildman–Crippen LogP) is 2.41. The van der Waals surface area contributed by atoms with Crippen LogP contribution in [-0.4, -0.2) is 22.1 Å². The van der Waals surface area contributed by atoms with E-state index >= 15 is 0 Å². The maximum absolute atomic E-state index is 8.95. The quantitative estimate of drug-likeness (QED) is 0.817. The standard InChI is InChI=1S/C16H18N4/c1-12(10-18-13-6-7-13)11-20-15-5-3-2-4-14(15)19-16(20)8-9-17/h2-5,13,18H,1,6-8,10-11H2. The number of nitriles is 1. The fourth-order valence-electron chi connectivity index (χ4n) is 2.36. The van der Waals surface area contributed by atoms with E-state index in [0.29, 0.717) is 12.5 Å². The van der Waals surface area contributed by atoms with E-state index < -0.39 is 0 Å². The smallest absolute Gasteiger partial charge is 0.124 e. The second-order valence-electron chi connectivity index (χ2n) is 5.34. The average Bonchev–Trinajstić information content (AvgIpc) is 3.22. The molecule has 1 aromatic carbocycles. The molecule has 0 bridgehead atoms. The highest BCUT2D eigenvalue weighted by Crippen LogP contribution is 2.20. The summed E-state index contributed by atoms with van der Waals surface area (Å²) in [6, 6.07) is 10.9. The Morgan fingerprint density at radius 1 is 1.45 bits per heavy atom. The average molecular weight is 266 g/mol. The van der Waals surface area contributed by atoms with E-state index in [2.05, 4.69) is 27.5 Å². The van der Waals surface area contributed by atoms with Gasteiger partial charge in [0.05, 0.1) is 23.5 Å². The van der Waals surface area contributed by atoms with E-state index in [4.69, 9.17) is 5.26 Å². The van der Waals surface area contributed by atoms with Crippen LogP contribution in [0.15, 0.2) is 36.4 Å².